The number of hydrogen-bond donors (Lipinski definition) is 2. The number of thiophene rings is 1. The van der Waals surface area contributed by atoms with E-state index < -0.39 is 0 Å². The fraction of sp³-hybridized carbons (Fsp3) is 0.375. The van der Waals surface area contributed by atoms with Gasteiger partial charge in [0.05, 0.1) is 11.6 Å². The Bertz CT molecular complexity index is 1200. The van der Waals surface area contributed by atoms with Gasteiger partial charge in [-0.15, -0.1) is 23.0 Å². The molecule has 1 aliphatic rings. The van der Waals surface area contributed by atoms with Gasteiger partial charge >= 0.3 is 0 Å². The average molecular weight is 481 g/mol. The molecular formula is C24H28N6O3S. The lowest BCUT2D eigenvalue weighted by atomic mass is 9.95. The molecule has 4 rings (SSSR count). The van der Waals surface area contributed by atoms with Crippen LogP contribution in [-0.2, 0) is 19.4 Å². The lowest BCUT2D eigenvalue weighted by Gasteiger charge is -2.13. The van der Waals surface area contributed by atoms with Crippen LogP contribution in [0.15, 0.2) is 36.9 Å². The van der Waals surface area contributed by atoms with Crippen molar-refractivity contribution in [2.45, 2.75) is 52.2 Å². The molecule has 0 saturated carbocycles. The molecule has 0 aliphatic heterocycles. The molecule has 2 aromatic heterocycles. The molecule has 1 aliphatic carbocycles. The van der Waals surface area contributed by atoms with Crippen molar-refractivity contribution in [2.75, 3.05) is 11.9 Å². The lowest BCUT2D eigenvalue weighted by Crippen LogP contribution is -2.26. The Morgan fingerprint density at radius 3 is 2.88 bits per heavy atom. The summed E-state index contributed by atoms with van der Waals surface area (Å²) in [4.78, 5) is 27.1. The summed E-state index contributed by atoms with van der Waals surface area (Å²) in [6.07, 6.45) is 5.54. The fourth-order valence-electron chi connectivity index (χ4n) is 3.91. The highest BCUT2D eigenvalue weighted by atomic mass is 32.1. The van der Waals surface area contributed by atoms with E-state index in [0.717, 1.165) is 31.2 Å². The number of aryl methyl sites for hydroxylation is 1. The molecule has 0 unspecified atom stereocenters. The van der Waals surface area contributed by atoms with Crippen LogP contribution in [0.1, 0.15) is 69.7 Å². The van der Waals surface area contributed by atoms with Gasteiger partial charge < -0.3 is 15.4 Å². The molecule has 2 heterocycles. The summed E-state index contributed by atoms with van der Waals surface area (Å²) in [7, 11) is 0. The summed E-state index contributed by atoms with van der Waals surface area (Å²) >= 11 is 1.49. The SMILES string of the molecule is C=CCNC(=O)c1c(NC(=O)c2cccc(OCc3nnnn3C(C)C)c2)sc2c1CCCC2. The Balaban J connectivity index is 1.51. The minimum atomic E-state index is -0.297. The lowest BCUT2D eigenvalue weighted by molar-refractivity contribution is 0.0958. The normalized spacial score (nSPS) is 12.8. The van der Waals surface area contributed by atoms with Crippen molar-refractivity contribution in [3.63, 3.8) is 0 Å². The number of fused-ring (bicyclic) bond motifs is 1. The maximum Gasteiger partial charge on any atom is 0.256 e. The maximum absolute atomic E-state index is 13.1. The van der Waals surface area contributed by atoms with Crippen LogP contribution in [-0.4, -0.2) is 38.6 Å². The predicted octanol–water partition coefficient (Wildman–Crippen LogP) is 3.94. The van der Waals surface area contributed by atoms with Crippen LogP contribution in [0.5, 0.6) is 5.75 Å². The number of amides is 2. The zero-order valence-corrected chi connectivity index (χ0v) is 20.2. The number of nitrogens with zero attached hydrogens (tertiary/aromatic N) is 4. The maximum atomic E-state index is 13.1. The van der Waals surface area contributed by atoms with Gasteiger partial charge in [0.2, 0.25) is 0 Å². The first kappa shape index (κ1) is 23.6. The molecule has 0 atom stereocenters. The van der Waals surface area contributed by atoms with E-state index in [1.165, 1.54) is 16.2 Å². The molecule has 1 aromatic carbocycles. The Morgan fingerprint density at radius 2 is 2.09 bits per heavy atom. The van der Waals surface area contributed by atoms with E-state index in [9.17, 15) is 9.59 Å². The number of rotatable bonds is 9. The second-order valence-electron chi connectivity index (χ2n) is 8.32. The standard InChI is InChI=1S/C24H28N6O3S/c1-4-12-25-23(32)21-18-10-5-6-11-19(18)34-24(21)26-22(31)16-8-7-9-17(13-16)33-14-20-27-28-29-30(20)15(2)3/h4,7-9,13,15H,1,5-6,10-12,14H2,2-3H3,(H,25,32)(H,26,31). The van der Waals surface area contributed by atoms with Gasteiger partial charge in [0, 0.05) is 17.0 Å². The third kappa shape index (κ3) is 5.17. The molecular weight excluding hydrogens is 452 g/mol. The van der Waals surface area contributed by atoms with Crippen LogP contribution in [0.25, 0.3) is 0 Å². The van der Waals surface area contributed by atoms with Crippen LogP contribution < -0.4 is 15.4 Å². The monoisotopic (exact) mass is 480 g/mol. The van der Waals surface area contributed by atoms with Crippen LogP contribution in [0.4, 0.5) is 5.00 Å². The highest BCUT2D eigenvalue weighted by Gasteiger charge is 2.26. The molecule has 3 aromatic rings. The number of benzene rings is 1. The largest absolute Gasteiger partial charge is 0.486 e. The van der Waals surface area contributed by atoms with Gasteiger partial charge in [-0.1, -0.05) is 12.1 Å². The Kier molecular flexibility index (Phi) is 7.36. The smallest absolute Gasteiger partial charge is 0.256 e. The van der Waals surface area contributed by atoms with Gasteiger partial charge in [-0.25, -0.2) is 4.68 Å². The summed E-state index contributed by atoms with van der Waals surface area (Å²) in [5.74, 6) is 0.646. The molecule has 0 fully saturated rings. The third-order valence-electron chi connectivity index (χ3n) is 5.55. The van der Waals surface area contributed by atoms with Crippen molar-refractivity contribution in [3.05, 3.63) is 64.3 Å². The van der Waals surface area contributed by atoms with Gasteiger partial charge in [0.1, 0.15) is 17.4 Å². The molecule has 0 radical (unpaired) electrons. The number of tetrazole rings is 1. The zero-order valence-electron chi connectivity index (χ0n) is 19.3. The number of ether oxygens (including phenoxy) is 1. The average Bonchev–Trinajstić information content (AvgIpc) is 3.45. The van der Waals surface area contributed by atoms with Crippen molar-refractivity contribution < 1.29 is 14.3 Å². The first-order valence-corrected chi connectivity index (χ1v) is 12.1. The van der Waals surface area contributed by atoms with Gasteiger partial charge in [-0.05, 0) is 73.7 Å². The quantitative estimate of drug-likeness (QED) is 0.449. The fourth-order valence-corrected chi connectivity index (χ4v) is 5.19. The Morgan fingerprint density at radius 1 is 1.26 bits per heavy atom. The Labute approximate surface area is 202 Å². The van der Waals surface area contributed by atoms with Gasteiger partial charge in [0.15, 0.2) is 5.82 Å². The van der Waals surface area contributed by atoms with Gasteiger partial charge in [-0.2, -0.15) is 0 Å². The summed E-state index contributed by atoms with van der Waals surface area (Å²) in [6, 6.07) is 7.03. The zero-order chi connectivity index (χ0) is 24.1. The van der Waals surface area contributed by atoms with E-state index in [0.29, 0.717) is 34.2 Å². The van der Waals surface area contributed by atoms with E-state index in [4.69, 9.17) is 4.74 Å². The van der Waals surface area contributed by atoms with Crippen molar-refractivity contribution in [1.82, 2.24) is 25.5 Å². The number of aromatic nitrogens is 4. The number of hydrogen-bond acceptors (Lipinski definition) is 7. The van der Waals surface area contributed by atoms with Crippen LogP contribution in [0.3, 0.4) is 0 Å². The second-order valence-corrected chi connectivity index (χ2v) is 9.42. The number of carbonyl (C=O) groups excluding carboxylic acids is 2. The number of nitrogens with one attached hydrogen (secondary N) is 2. The van der Waals surface area contributed by atoms with Gasteiger partial charge in [-0.3, -0.25) is 9.59 Å². The molecule has 9 nitrogen and oxygen atoms in total. The summed E-state index contributed by atoms with van der Waals surface area (Å²) < 4.78 is 7.53. The van der Waals surface area contributed by atoms with Crippen LogP contribution in [0, 0.1) is 0 Å². The molecule has 2 amide bonds. The van der Waals surface area contributed by atoms with Gasteiger partial charge in [0.25, 0.3) is 11.8 Å². The molecule has 0 saturated heterocycles. The first-order chi connectivity index (χ1) is 16.5. The molecule has 2 N–H and O–H groups in total. The van der Waals surface area contributed by atoms with Crippen LogP contribution in [0.2, 0.25) is 0 Å². The molecule has 10 heteroatoms. The number of carbonyl (C=O) groups is 2. The van der Waals surface area contributed by atoms with Crippen molar-refractivity contribution >= 4 is 28.2 Å². The van der Waals surface area contributed by atoms with E-state index in [-0.39, 0.29) is 24.5 Å². The Hall–Kier alpha value is -3.53. The van der Waals surface area contributed by atoms with E-state index in [1.54, 1.807) is 35.0 Å². The summed E-state index contributed by atoms with van der Waals surface area (Å²) in [5, 5.41) is 18.1. The third-order valence-corrected chi connectivity index (χ3v) is 6.75. The highest BCUT2D eigenvalue weighted by molar-refractivity contribution is 7.17. The van der Waals surface area contributed by atoms with E-state index in [2.05, 4.69) is 32.7 Å². The molecule has 0 bridgehead atoms. The second kappa shape index (κ2) is 10.6. The first-order valence-electron chi connectivity index (χ1n) is 11.3. The van der Waals surface area contributed by atoms with Crippen molar-refractivity contribution in [1.29, 1.82) is 0 Å². The molecule has 178 valence electrons. The minimum absolute atomic E-state index is 0.111. The van der Waals surface area contributed by atoms with Crippen LogP contribution >= 0.6 is 11.3 Å². The highest BCUT2D eigenvalue weighted by Crippen LogP contribution is 2.38. The molecule has 0 spiro atoms. The van der Waals surface area contributed by atoms with E-state index >= 15 is 0 Å². The number of anilines is 1. The summed E-state index contributed by atoms with van der Waals surface area (Å²) in [5.41, 5.74) is 2.06. The van der Waals surface area contributed by atoms with Crippen molar-refractivity contribution in [2.24, 2.45) is 0 Å². The van der Waals surface area contributed by atoms with Crippen molar-refractivity contribution in [3.8, 4) is 5.75 Å². The predicted molar refractivity (Wildman–Crippen MR) is 130 cm³/mol. The topological polar surface area (TPSA) is 111 Å². The molecule has 34 heavy (non-hydrogen) atoms. The van der Waals surface area contributed by atoms with E-state index in [1.807, 2.05) is 13.8 Å². The summed E-state index contributed by atoms with van der Waals surface area (Å²) in [6.45, 7) is 8.18. The minimum Gasteiger partial charge on any atom is -0.486 e.